The van der Waals surface area contributed by atoms with Crippen molar-refractivity contribution < 1.29 is 38.0 Å². The number of hydrogen-bond acceptors (Lipinski definition) is 10. The summed E-state index contributed by atoms with van der Waals surface area (Å²) in [5, 5.41) is 0.604. The molecule has 288 valence electrons. The standard InChI is InChI=1S/C39H52ClN5O8/c1-4-16-48-18-20-50-22-24-52-25-23-51-21-19-49-17-6-5-13-44-34-8-7-31(40)26-33(34)42-36(44)28-45-35-27-41-12-9-32(35)39(37(45)46)10-14-43(15-11-39)38(47)53-29-30(2)3/h1,7-9,12,26-27,30H,5-6,10-11,13-25,28-29H2,2-3H3. The number of likely N-dealkylation sites (tertiary alicyclic amines) is 1. The first kappa shape index (κ1) is 40.4. The van der Waals surface area contributed by atoms with E-state index in [-0.39, 0.29) is 17.9 Å². The molecule has 14 heteroatoms. The Labute approximate surface area is 317 Å². The van der Waals surface area contributed by atoms with Gasteiger partial charge in [-0.25, -0.2) is 9.78 Å². The van der Waals surface area contributed by atoms with Gasteiger partial charge < -0.3 is 42.8 Å². The number of nitrogens with zero attached hydrogens (tertiary/aromatic N) is 5. The molecule has 2 amide bonds. The number of carbonyl (C=O) groups is 2. The summed E-state index contributed by atoms with van der Waals surface area (Å²) in [6.07, 6.45) is 11.0. The summed E-state index contributed by atoms with van der Waals surface area (Å²) in [4.78, 5) is 40.0. The van der Waals surface area contributed by atoms with Crippen molar-refractivity contribution in [2.24, 2.45) is 5.92 Å². The van der Waals surface area contributed by atoms with E-state index in [1.807, 2.05) is 43.0 Å². The fraction of sp³-hybridized carbons (Fsp3) is 0.590. The van der Waals surface area contributed by atoms with E-state index in [2.05, 4.69) is 15.5 Å². The molecule has 1 spiro atoms. The molecule has 2 aliphatic heterocycles. The summed E-state index contributed by atoms with van der Waals surface area (Å²) < 4.78 is 35.1. The molecule has 0 atom stereocenters. The molecule has 4 heterocycles. The number of rotatable bonds is 22. The van der Waals surface area contributed by atoms with Gasteiger partial charge >= 0.3 is 6.09 Å². The van der Waals surface area contributed by atoms with Crippen LogP contribution in [0.4, 0.5) is 10.5 Å². The normalized spacial score (nSPS) is 15.1. The fourth-order valence-corrected chi connectivity index (χ4v) is 6.84. The van der Waals surface area contributed by atoms with Crippen LogP contribution in [0, 0.1) is 18.3 Å². The molecule has 1 fully saturated rings. The monoisotopic (exact) mass is 753 g/mol. The SMILES string of the molecule is C#CCOCCOCCOCCOCCOCCCCn1c(CN2C(=O)C3(CCN(C(=O)OCC(C)C)CC3)c3ccncc32)nc2cc(Cl)ccc21. The van der Waals surface area contributed by atoms with Crippen molar-refractivity contribution in [2.45, 2.75) is 58.0 Å². The third kappa shape index (κ3) is 10.9. The Morgan fingerprint density at radius 1 is 0.943 bits per heavy atom. The highest BCUT2D eigenvalue weighted by Gasteiger charge is 2.53. The number of ether oxygens (including phenoxy) is 6. The van der Waals surface area contributed by atoms with E-state index in [4.69, 9.17) is 51.4 Å². The van der Waals surface area contributed by atoms with Crippen LogP contribution in [0.15, 0.2) is 36.7 Å². The molecule has 1 saturated heterocycles. The third-order valence-corrected chi connectivity index (χ3v) is 9.59. The van der Waals surface area contributed by atoms with E-state index in [9.17, 15) is 9.59 Å². The number of benzene rings is 1. The summed E-state index contributed by atoms with van der Waals surface area (Å²) in [5.74, 6) is 3.45. The van der Waals surface area contributed by atoms with Gasteiger partial charge in [0.25, 0.3) is 0 Å². The highest BCUT2D eigenvalue weighted by Crippen LogP contribution is 2.48. The number of halogens is 1. The quantitative estimate of drug-likeness (QED) is 0.0992. The van der Waals surface area contributed by atoms with Crippen LogP contribution in [0.1, 0.15) is 50.9 Å². The maximum absolute atomic E-state index is 14.4. The van der Waals surface area contributed by atoms with Gasteiger partial charge in [0.2, 0.25) is 5.91 Å². The first-order chi connectivity index (χ1) is 25.8. The van der Waals surface area contributed by atoms with Gasteiger partial charge in [-0.05, 0) is 61.4 Å². The van der Waals surface area contributed by atoms with Gasteiger partial charge in [-0.1, -0.05) is 31.4 Å². The van der Waals surface area contributed by atoms with E-state index in [0.29, 0.717) is 117 Å². The predicted molar refractivity (Wildman–Crippen MR) is 201 cm³/mol. The van der Waals surface area contributed by atoms with E-state index in [0.717, 1.165) is 41.0 Å². The Bertz CT molecular complexity index is 1670. The van der Waals surface area contributed by atoms with E-state index < -0.39 is 5.41 Å². The number of terminal acetylenes is 1. The molecule has 0 bridgehead atoms. The molecule has 0 unspecified atom stereocenters. The highest BCUT2D eigenvalue weighted by molar-refractivity contribution is 6.31. The van der Waals surface area contributed by atoms with Crippen LogP contribution in [0.5, 0.6) is 0 Å². The molecule has 13 nitrogen and oxygen atoms in total. The molecule has 5 rings (SSSR count). The minimum atomic E-state index is -0.727. The van der Waals surface area contributed by atoms with Crippen molar-refractivity contribution in [3.63, 3.8) is 0 Å². The van der Waals surface area contributed by atoms with Crippen LogP contribution >= 0.6 is 11.6 Å². The maximum Gasteiger partial charge on any atom is 0.409 e. The molecular weight excluding hydrogens is 702 g/mol. The first-order valence-electron chi connectivity index (χ1n) is 18.5. The van der Waals surface area contributed by atoms with Gasteiger partial charge in [-0.3, -0.25) is 9.78 Å². The number of amides is 2. The second kappa shape index (κ2) is 20.6. The van der Waals surface area contributed by atoms with E-state index in [1.54, 1.807) is 17.3 Å². The fourth-order valence-electron chi connectivity index (χ4n) is 6.68. The van der Waals surface area contributed by atoms with E-state index >= 15 is 0 Å². The Morgan fingerprint density at radius 2 is 1.60 bits per heavy atom. The Morgan fingerprint density at radius 3 is 2.26 bits per heavy atom. The minimum Gasteiger partial charge on any atom is -0.449 e. The second-order valence-electron chi connectivity index (χ2n) is 13.6. The first-order valence-corrected chi connectivity index (χ1v) is 18.9. The van der Waals surface area contributed by atoms with Crippen LogP contribution in [-0.2, 0) is 51.7 Å². The predicted octanol–water partition coefficient (Wildman–Crippen LogP) is 5.25. The van der Waals surface area contributed by atoms with Crippen LogP contribution in [-0.4, -0.2) is 117 Å². The van der Waals surface area contributed by atoms with Crippen molar-refractivity contribution in [2.75, 3.05) is 90.7 Å². The summed E-state index contributed by atoms with van der Waals surface area (Å²) in [5.41, 5.74) is 2.76. The molecular formula is C39H52ClN5O8. The lowest BCUT2D eigenvalue weighted by molar-refractivity contribution is -0.125. The Kier molecular flexibility index (Phi) is 15.7. The zero-order valence-corrected chi connectivity index (χ0v) is 31.7. The highest BCUT2D eigenvalue weighted by atomic mass is 35.5. The molecule has 0 aliphatic carbocycles. The van der Waals surface area contributed by atoms with Gasteiger partial charge in [0.05, 0.1) is 94.3 Å². The van der Waals surface area contributed by atoms with Crippen molar-refractivity contribution in [3.05, 3.63) is 53.1 Å². The zero-order valence-electron chi connectivity index (χ0n) is 30.9. The van der Waals surface area contributed by atoms with Crippen LogP contribution in [0.2, 0.25) is 5.02 Å². The van der Waals surface area contributed by atoms with Gasteiger partial charge in [-0.15, -0.1) is 6.42 Å². The van der Waals surface area contributed by atoms with Crippen molar-refractivity contribution in [1.29, 1.82) is 0 Å². The number of pyridine rings is 1. The van der Waals surface area contributed by atoms with Gasteiger partial charge in [0, 0.05) is 37.5 Å². The van der Waals surface area contributed by atoms with Crippen LogP contribution in [0.3, 0.4) is 0 Å². The lowest BCUT2D eigenvalue weighted by atomic mass is 9.74. The van der Waals surface area contributed by atoms with Gasteiger partial charge in [0.15, 0.2) is 0 Å². The number of anilines is 1. The summed E-state index contributed by atoms with van der Waals surface area (Å²) in [6, 6.07) is 7.65. The number of carbonyl (C=O) groups excluding carboxylic acids is 2. The molecule has 0 N–H and O–H groups in total. The molecule has 2 aliphatic rings. The molecule has 53 heavy (non-hydrogen) atoms. The Hall–Kier alpha value is -3.77. The number of piperidine rings is 1. The number of aromatic nitrogens is 3. The second-order valence-corrected chi connectivity index (χ2v) is 14.0. The Balaban J connectivity index is 1.09. The van der Waals surface area contributed by atoms with Crippen molar-refractivity contribution in [3.8, 4) is 12.3 Å². The molecule has 1 aromatic carbocycles. The average molecular weight is 754 g/mol. The van der Waals surface area contributed by atoms with Crippen LogP contribution in [0.25, 0.3) is 11.0 Å². The minimum absolute atomic E-state index is 0.0157. The zero-order chi connectivity index (χ0) is 37.5. The molecule has 3 aromatic rings. The lowest BCUT2D eigenvalue weighted by Gasteiger charge is -2.38. The molecule has 2 aromatic heterocycles. The number of fused-ring (bicyclic) bond motifs is 3. The lowest BCUT2D eigenvalue weighted by Crippen LogP contribution is -2.50. The number of imidazole rings is 1. The number of unbranched alkanes of at least 4 members (excludes halogenated alkanes) is 1. The summed E-state index contributed by atoms with van der Waals surface area (Å²) in [6.45, 7) is 11.1. The van der Waals surface area contributed by atoms with Crippen molar-refractivity contribution in [1.82, 2.24) is 19.4 Å². The smallest absolute Gasteiger partial charge is 0.409 e. The van der Waals surface area contributed by atoms with E-state index in [1.165, 1.54) is 0 Å². The topological polar surface area (TPSA) is 127 Å². The van der Waals surface area contributed by atoms with Crippen molar-refractivity contribution >= 4 is 40.3 Å². The molecule has 0 saturated carbocycles. The average Bonchev–Trinajstić information content (AvgIpc) is 3.60. The molecule has 0 radical (unpaired) electrons. The van der Waals surface area contributed by atoms with Gasteiger partial charge in [-0.2, -0.15) is 0 Å². The largest absolute Gasteiger partial charge is 0.449 e. The summed E-state index contributed by atoms with van der Waals surface area (Å²) in [7, 11) is 0. The van der Waals surface area contributed by atoms with Crippen LogP contribution < -0.4 is 4.90 Å². The summed E-state index contributed by atoms with van der Waals surface area (Å²) >= 11 is 6.36. The number of aryl methyl sites for hydroxylation is 1. The third-order valence-electron chi connectivity index (χ3n) is 9.36. The number of hydrogen-bond donors (Lipinski definition) is 0. The van der Waals surface area contributed by atoms with Gasteiger partial charge in [0.1, 0.15) is 12.4 Å². The maximum atomic E-state index is 14.4.